The molecule has 10 heteroatoms. The third-order valence-corrected chi connectivity index (χ3v) is 14.1. The number of nitrogens with one attached hydrogen (secondary N) is 1. The van der Waals surface area contributed by atoms with Crippen LogP contribution in [-0.2, 0) is 27.9 Å². The molecular weight excluding hydrogens is 988 g/mol. The summed E-state index contributed by atoms with van der Waals surface area (Å²) < 4.78 is 30.7. The maximum atomic E-state index is 13.5. The summed E-state index contributed by atoms with van der Waals surface area (Å²) in [6, 6.07) is -0.870. The Morgan fingerprint density at radius 1 is 0.462 bits per heavy atom. The van der Waals surface area contributed by atoms with Crippen molar-refractivity contribution in [1.82, 2.24) is 5.32 Å². The molecule has 0 aliphatic heterocycles. The second-order valence-corrected chi connectivity index (χ2v) is 23.3. The highest BCUT2D eigenvalue weighted by Gasteiger charge is 2.30. The molecule has 0 spiro atoms. The lowest BCUT2D eigenvalue weighted by Gasteiger charge is -2.27. The fourth-order valence-electron chi connectivity index (χ4n) is 8.37. The molecule has 0 fully saturated rings. The van der Waals surface area contributed by atoms with E-state index in [1.807, 2.05) is 33.3 Å². The minimum atomic E-state index is -4.46. The van der Waals surface area contributed by atoms with Gasteiger partial charge < -0.3 is 19.4 Å². The van der Waals surface area contributed by atoms with Gasteiger partial charge in [-0.15, -0.1) is 0 Å². The molecule has 0 rings (SSSR count). The van der Waals surface area contributed by atoms with E-state index in [9.17, 15) is 19.0 Å². The van der Waals surface area contributed by atoms with Crippen LogP contribution in [0.25, 0.3) is 0 Å². The molecule has 0 aliphatic carbocycles. The van der Waals surface area contributed by atoms with E-state index < -0.39 is 20.0 Å². The second-order valence-electron chi connectivity index (χ2n) is 21.8. The quantitative estimate of drug-likeness (QED) is 0.0205. The number of likely N-dealkylation sites (N-methyl/N-ethyl adjacent to an activating group) is 1. The number of rotatable bonds is 55. The summed E-state index contributed by atoms with van der Waals surface area (Å²) in [7, 11) is 1.46. The van der Waals surface area contributed by atoms with Crippen LogP contribution >= 0.6 is 7.82 Å². The molecule has 0 aromatic carbocycles. The van der Waals surface area contributed by atoms with Gasteiger partial charge >= 0.3 is 13.8 Å². The normalized spacial score (nSPS) is 14.5. The van der Waals surface area contributed by atoms with Gasteiger partial charge in [0.05, 0.1) is 33.8 Å². The lowest BCUT2D eigenvalue weighted by Crippen LogP contribution is -2.47. The van der Waals surface area contributed by atoms with Crippen LogP contribution < -0.4 is 5.32 Å². The number of unbranched alkanes of at least 4 members (excludes halogenated alkanes) is 21. The molecule has 0 saturated heterocycles. The highest BCUT2D eigenvalue weighted by molar-refractivity contribution is 7.47. The summed E-state index contributed by atoms with van der Waals surface area (Å²) in [4.78, 5) is 37.7. The second kappa shape index (κ2) is 56.7. The summed E-state index contributed by atoms with van der Waals surface area (Å²) in [6.45, 7) is 6.75. The van der Waals surface area contributed by atoms with Crippen molar-refractivity contribution < 1.29 is 37.3 Å². The molecule has 0 radical (unpaired) electrons. The Balaban J connectivity index is 5.22. The summed E-state index contributed by atoms with van der Waals surface area (Å²) in [5.41, 5.74) is 0. The van der Waals surface area contributed by atoms with Gasteiger partial charge in [0, 0.05) is 12.8 Å². The average molecular weight is 1110 g/mol. The zero-order valence-corrected chi connectivity index (χ0v) is 51.8. The molecule has 3 atom stereocenters. The van der Waals surface area contributed by atoms with E-state index in [0.29, 0.717) is 23.9 Å². The Labute approximate surface area is 480 Å². The summed E-state index contributed by atoms with van der Waals surface area (Å²) in [5.74, 6) is -0.545. The van der Waals surface area contributed by atoms with Gasteiger partial charge in [-0.3, -0.25) is 18.6 Å². The molecule has 0 aromatic rings. The maximum Gasteiger partial charge on any atom is 0.472 e. The third-order valence-electron chi connectivity index (χ3n) is 13.1. The predicted octanol–water partition coefficient (Wildman–Crippen LogP) is 19.5. The number of nitrogens with zero attached hydrogens (tertiary/aromatic N) is 1. The number of carbonyl (C=O) groups excluding carboxylic acids is 2. The van der Waals surface area contributed by atoms with Crippen molar-refractivity contribution >= 4 is 19.7 Å². The molecule has 446 valence electrons. The molecule has 0 aromatic heterocycles. The van der Waals surface area contributed by atoms with E-state index in [-0.39, 0.29) is 31.5 Å². The average Bonchev–Trinajstić information content (AvgIpc) is 3.41. The first-order valence-corrected chi connectivity index (χ1v) is 32.9. The molecule has 9 nitrogen and oxygen atoms in total. The highest BCUT2D eigenvalue weighted by atomic mass is 31.2. The van der Waals surface area contributed by atoms with E-state index in [1.165, 1.54) is 44.9 Å². The van der Waals surface area contributed by atoms with Crippen molar-refractivity contribution in [2.45, 2.75) is 258 Å². The van der Waals surface area contributed by atoms with Crippen molar-refractivity contribution in [1.29, 1.82) is 0 Å². The minimum Gasteiger partial charge on any atom is -0.456 e. The number of hydrogen-bond acceptors (Lipinski definition) is 6. The third kappa shape index (κ3) is 57.1. The number of phosphoric acid groups is 1. The Kier molecular flexibility index (Phi) is 54.1. The molecule has 3 unspecified atom stereocenters. The molecule has 1 amide bonds. The van der Waals surface area contributed by atoms with Gasteiger partial charge in [0.25, 0.3) is 0 Å². The monoisotopic (exact) mass is 1110 g/mol. The number of hydrogen-bond donors (Lipinski definition) is 2. The number of ether oxygens (including phenoxy) is 1. The van der Waals surface area contributed by atoms with E-state index in [4.69, 9.17) is 13.8 Å². The highest BCUT2D eigenvalue weighted by Crippen LogP contribution is 2.43. The van der Waals surface area contributed by atoms with E-state index in [1.54, 1.807) is 0 Å². The van der Waals surface area contributed by atoms with Crippen molar-refractivity contribution in [3.05, 3.63) is 122 Å². The topological polar surface area (TPSA) is 111 Å². The molecule has 0 aliphatic rings. The number of quaternary nitrogens is 1. The van der Waals surface area contributed by atoms with Gasteiger partial charge in [-0.1, -0.05) is 239 Å². The Morgan fingerprint density at radius 2 is 0.821 bits per heavy atom. The first-order valence-electron chi connectivity index (χ1n) is 31.4. The SMILES string of the molecule is CC/C=C\C/C=C\C/C=C\C/C=C\C/C=C\C/C=C\CCCCCCCCC(=O)OC(/C=C\CCCCCCCCCCC)C(COP(=O)(O)OCC[N+](C)(C)C)NC(=O)CCCCCCCC/C=C/C/C=C/C/C=C/CC. The van der Waals surface area contributed by atoms with Crippen LogP contribution in [0.1, 0.15) is 245 Å². The van der Waals surface area contributed by atoms with E-state index in [2.05, 4.69) is 135 Å². The molecular formula is C68H118N2O7P+. The minimum absolute atomic E-state index is 0.0283. The van der Waals surface area contributed by atoms with Gasteiger partial charge in [0.15, 0.2) is 0 Å². The van der Waals surface area contributed by atoms with Crippen LogP contribution in [0.5, 0.6) is 0 Å². The fraction of sp³-hybridized carbons (Fsp3) is 0.676. The van der Waals surface area contributed by atoms with E-state index in [0.717, 1.165) is 161 Å². The number of esters is 1. The first-order chi connectivity index (χ1) is 37.9. The summed E-state index contributed by atoms with van der Waals surface area (Å²) >= 11 is 0. The Morgan fingerprint density at radius 3 is 1.23 bits per heavy atom. The van der Waals surface area contributed by atoms with Crippen LogP contribution in [0.15, 0.2) is 122 Å². The van der Waals surface area contributed by atoms with Crippen LogP contribution in [0, 0.1) is 0 Å². The maximum absolute atomic E-state index is 13.5. The summed E-state index contributed by atoms with van der Waals surface area (Å²) in [5, 5.41) is 3.04. The molecule has 0 heterocycles. The van der Waals surface area contributed by atoms with Gasteiger partial charge in [0.1, 0.15) is 19.3 Å². The van der Waals surface area contributed by atoms with Crippen molar-refractivity contribution in [3.8, 4) is 0 Å². The van der Waals surface area contributed by atoms with E-state index >= 15 is 0 Å². The van der Waals surface area contributed by atoms with Gasteiger partial charge in [-0.2, -0.15) is 0 Å². The van der Waals surface area contributed by atoms with Crippen LogP contribution in [0.4, 0.5) is 0 Å². The predicted molar refractivity (Wildman–Crippen MR) is 336 cm³/mol. The van der Waals surface area contributed by atoms with Gasteiger partial charge in [-0.25, -0.2) is 4.57 Å². The number of allylic oxidation sites excluding steroid dienone is 19. The van der Waals surface area contributed by atoms with Gasteiger partial charge in [0.2, 0.25) is 5.91 Å². The molecule has 2 N–H and O–H groups in total. The summed E-state index contributed by atoms with van der Waals surface area (Å²) in [6.07, 6.45) is 79.1. The van der Waals surface area contributed by atoms with Crippen molar-refractivity contribution in [2.75, 3.05) is 40.9 Å². The van der Waals surface area contributed by atoms with Gasteiger partial charge in [-0.05, 0) is 115 Å². The van der Waals surface area contributed by atoms with Crippen LogP contribution in [-0.4, -0.2) is 74.3 Å². The molecule has 0 saturated carbocycles. The Hall–Kier alpha value is -3.59. The largest absolute Gasteiger partial charge is 0.472 e. The smallest absolute Gasteiger partial charge is 0.456 e. The van der Waals surface area contributed by atoms with Crippen molar-refractivity contribution in [2.24, 2.45) is 0 Å². The van der Waals surface area contributed by atoms with Crippen LogP contribution in [0.2, 0.25) is 0 Å². The zero-order chi connectivity index (χ0) is 57.2. The standard InChI is InChI=1S/C68H117N2O7P/c1-7-10-13-16-19-22-25-27-29-31-32-33-34-35-36-37-38-39-41-43-46-49-52-55-58-61-68(72)77-66(59-56-53-50-47-44-24-21-18-15-12-9-3)65(64-76-78(73,74)75-63-62-70(4,5)6)69-67(71)60-57-54-51-48-45-42-40-30-28-26-23-20-17-14-11-8-2/h10-11,13-14,19-20,22-23,27-30,32-33,35-36,38-39,56,59,65-66H,7-9,12,15-18,21,24-26,31,34,37,40-55,57-58,60-64H2,1-6H3,(H-,69,71,73,74)/p+1/b13-10-,14-11+,22-19-,23-20+,29-27-,30-28+,33-32-,36-35-,39-38-,59-56-. The zero-order valence-electron chi connectivity index (χ0n) is 50.9. The lowest BCUT2D eigenvalue weighted by atomic mass is 10.1. The number of carbonyl (C=O) groups is 2. The first kappa shape index (κ1) is 74.4. The van der Waals surface area contributed by atoms with Crippen LogP contribution in [0.3, 0.4) is 0 Å². The lowest BCUT2D eigenvalue weighted by molar-refractivity contribution is -0.870. The molecule has 0 bridgehead atoms. The molecule has 78 heavy (non-hydrogen) atoms. The fourth-order valence-corrected chi connectivity index (χ4v) is 9.10. The van der Waals surface area contributed by atoms with Crippen molar-refractivity contribution in [3.63, 3.8) is 0 Å². The number of amides is 1. The Bertz CT molecular complexity index is 1750. The number of phosphoric ester groups is 1.